The van der Waals surface area contributed by atoms with E-state index in [0.717, 1.165) is 17.0 Å². The fraction of sp³-hybridized carbons (Fsp3) is 0.231. The molecule has 0 saturated carbocycles. The van der Waals surface area contributed by atoms with Crippen LogP contribution < -0.4 is 0 Å². The second-order valence-electron chi connectivity index (χ2n) is 4.09. The van der Waals surface area contributed by atoms with Crippen LogP contribution in [0.15, 0.2) is 40.6 Å². The number of benzene rings is 1. The predicted octanol–water partition coefficient (Wildman–Crippen LogP) is 3.24. The molecule has 2 rings (SSSR count). The molecule has 0 saturated heterocycles. The van der Waals surface area contributed by atoms with Crippen molar-refractivity contribution in [1.82, 2.24) is 4.31 Å². The molecular weight excluding hydrogens is 304 g/mol. The summed E-state index contributed by atoms with van der Waals surface area (Å²) < 4.78 is 52.1. The lowest BCUT2D eigenvalue weighted by atomic mass is 10.3. The summed E-state index contributed by atoms with van der Waals surface area (Å²) in [6, 6.07) is 6.26. The molecule has 1 heterocycles. The van der Waals surface area contributed by atoms with Crippen molar-refractivity contribution >= 4 is 21.4 Å². The Bertz CT molecular complexity index is 684. The molecule has 0 aliphatic rings. The maximum Gasteiger partial charge on any atom is 0.243 e. The predicted molar refractivity (Wildman–Crippen MR) is 73.9 cm³/mol. The molecule has 0 aliphatic carbocycles. The number of hydrogen-bond acceptors (Lipinski definition) is 3. The Kier molecular flexibility index (Phi) is 4.52. The van der Waals surface area contributed by atoms with Crippen molar-refractivity contribution in [3.05, 3.63) is 52.2 Å². The Labute approximate surface area is 120 Å². The SMILES string of the molecule is CCN(Cc1cccs1)S(=O)(=O)c1ccc(F)c(F)c1. The molecule has 0 aliphatic heterocycles. The number of halogens is 2. The van der Waals surface area contributed by atoms with Crippen LogP contribution in [0.3, 0.4) is 0 Å². The Balaban J connectivity index is 2.33. The van der Waals surface area contributed by atoms with Gasteiger partial charge in [0.1, 0.15) is 0 Å². The maximum absolute atomic E-state index is 13.2. The lowest BCUT2D eigenvalue weighted by Gasteiger charge is -2.19. The van der Waals surface area contributed by atoms with E-state index < -0.39 is 21.7 Å². The second kappa shape index (κ2) is 5.99. The van der Waals surface area contributed by atoms with Gasteiger partial charge in [-0.25, -0.2) is 17.2 Å². The maximum atomic E-state index is 13.2. The number of sulfonamides is 1. The van der Waals surface area contributed by atoms with Gasteiger partial charge in [-0.2, -0.15) is 4.31 Å². The molecule has 0 radical (unpaired) electrons. The van der Waals surface area contributed by atoms with E-state index in [0.29, 0.717) is 6.07 Å². The van der Waals surface area contributed by atoms with Gasteiger partial charge >= 0.3 is 0 Å². The van der Waals surface area contributed by atoms with Crippen molar-refractivity contribution in [2.45, 2.75) is 18.4 Å². The van der Waals surface area contributed by atoms with Crippen molar-refractivity contribution in [2.24, 2.45) is 0 Å². The molecule has 7 heteroatoms. The van der Waals surface area contributed by atoms with Crippen LogP contribution in [-0.4, -0.2) is 19.3 Å². The first-order chi connectivity index (χ1) is 9.45. The molecule has 108 valence electrons. The minimum absolute atomic E-state index is 0.218. The van der Waals surface area contributed by atoms with Gasteiger partial charge in [0.15, 0.2) is 11.6 Å². The summed E-state index contributed by atoms with van der Waals surface area (Å²) >= 11 is 1.44. The van der Waals surface area contributed by atoms with Crippen molar-refractivity contribution in [1.29, 1.82) is 0 Å². The highest BCUT2D eigenvalue weighted by Crippen LogP contribution is 2.21. The Morgan fingerprint density at radius 2 is 1.95 bits per heavy atom. The van der Waals surface area contributed by atoms with Crippen LogP contribution in [-0.2, 0) is 16.6 Å². The lowest BCUT2D eigenvalue weighted by molar-refractivity contribution is 0.425. The van der Waals surface area contributed by atoms with Crippen LogP contribution in [0.4, 0.5) is 8.78 Å². The molecule has 3 nitrogen and oxygen atoms in total. The fourth-order valence-electron chi connectivity index (χ4n) is 1.73. The third-order valence-electron chi connectivity index (χ3n) is 2.79. The monoisotopic (exact) mass is 317 g/mol. The van der Waals surface area contributed by atoms with Crippen LogP contribution in [0.25, 0.3) is 0 Å². The molecule has 0 spiro atoms. The van der Waals surface area contributed by atoms with Crippen molar-refractivity contribution in [3.8, 4) is 0 Å². The zero-order chi connectivity index (χ0) is 14.8. The molecule has 0 fully saturated rings. The summed E-state index contributed by atoms with van der Waals surface area (Å²) in [5.41, 5.74) is 0. The van der Waals surface area contributed by atoms with Crippen LogP contribution in [0.1, 0.15) is 11.8 Å². The number of thiophene rings is 1. The smallest absolute Gasteiger partial charge is 0.207 e. The van der Waals surface area contributed by atoms with Gasteiger partial charge in [0, 0.05) is 18.0 Å². The first-order valence-corrected chi connectivity index (χ1v) is 8.24. The molecule has 0 N–H and O–H groups in total. The van der Waals surface area contributed by atoms with E-state index in [1.165, 1.54) is 15.6 Å². The standard InChI is InChI=1S/C13H13F2NO2S2/c1-2-16(9-10-4-3-7-19-10)20(17,18)11-5-6-12(14)13(15)8-11/h3-8H,2,9H2,1H3. The molecule has 0 amide bonds. The summed E-state index contributed by atoms with van der Waals surface area (Å²) in [6.07, 6.45) is 0. The minimum atomic E-state index is -3.83. The first-order valence-electron chi connectivity index (χ1n) is 5.92. The summed E-state index contributed by atoms with van der Waals surface area (Å²) in [5.74, 6) is -2.23. The normalized spacial score (nSPS) is 12.0. The zero-order valence-corrected chi connectivity index (χ0v) is 12.3. The van der Waals surface area contributed by atoms with Gasteiger partial charge in [-0.3, -0.25) is 0 Å². The Morgan fingerprint density at radius 1 is 1.20 bits per heavy atom. The van der Waals surface area contributed by atoms with Crippen molar-refractivity contribution in [2.75, 3.05) is 6.54 Å². The molecule has 2 aromatic rings. The van der Waals surface area contributed by atoms with Gasteiger partial charge in [-0.05, 0) is 29.6 Å². The van der Waals surface area contributed by atoms with Gasteiger partial charge in [-0.1, -0.05) is 13.0 Å². The third kappa shape index (κ3) is 3.05. The highest BCUT2D eigenvalue weighted by molar-refractivity contribution is 7.89. The van der Waals surface area contributed by atoms with Gasteiger partial charge < -0.3 is 0 Å². The van der Waals surface area contributed by atoms with E-state index in [2.05, 4.69) is 0 Å². The summed E-state index contributed by atoms with van der Waals surface area (Å²) in [5, 5.41) is 1.85. The van der Waals surface area contributed by atoms with Gasteiger partial charge in [0.25, 0.3) is 0 Å². The molecular formula is C13H13F2NO2S2. The molecule has 1 aromatic carbocycles. The van der Waals surface area contributed by atoms with E-state index in [1.807, 2.05) is 17.5 Å². The number of rotatable bonds is 5. The van der Waals surface area contributed by atoms with Gasteiger partial charge in [0.05, 0.1) is 4.90 Å². The zero-order valence-electron chi connectivity index (χ0n) is 10.7. The molecule has 0 bridgehead atoms. The fourth-order valence-corrected chi connectivity index (χ4v) is 3.97. The van der Waals surface area contributed by atoms with Crippen LogP contribution in [0, 0.1) is 11.6 Å². The second-order valence-corrected chi connectivity index (χ2v) is 7.06. The topological polar surface area (TPSA) is 37.4 Å². The molecule has 1 aromatic heterocycles. The first kappa shape index (κ1) is 15.1. The Hall–Kier alpha value is -1.31. The van der Waals surface area contributed by atoms with E-state index in [4.69, 9.17) is 0 Å². The lowest BCUT2D eigenvalue weighted by Crippen LogP contribution is -2.30. The number of nitrogens with zero attached hydrogens (tertiary/aromatic N) is 1. The molecule has 20 heavy (non-hydrogen) atoms. The van der Waals surface area contributed by atoms with Crippen molar-refractivity contribution in [3.63, 3.8) is 0 Å². The van der Waals surface area contributed by atoms with E-state index >= 15 is 0 Å². The third-order valence-corrected chi connectivity index (χ3v) is 5.57. The van der Waals surface area contributed by atoms with Crippen LogP contribution in [0.5, 0.6) is 0 Å². The van der Waals surface area contributed by atoms with Crippen molar-refractivity contribution < 1.29 is 17.2 Å². The largest absolute Gasteiger partial charge is 0.243 e. The summed E-state index contributed by atoms with van der Waals surface area (Å²) in [7, 11) is -3.83. The molecule has 0 unspecified atom stereocenters. The van der Waals surface area contributed by atoms with Gasteiger partial charge in [-0.15, -0.1) is 11.3 Å². The van der Waals surface area contributed by atoms with Crippen LogP contribution >= 0.6 is 11.3 Å². The van der Waals surface area contributed by atoms with E-state index in [-0.39, 0.29) is 18.0 Å². The summed E-state index contributed by atoms with van der Waals surface area (Å²) in [4.78, 5) is 0.646. The van der Waals surface area contributed by atoms with Gasteiger partial charge in [0.2, 0.25) is 10.0 Å². The quantitative estimate of drug-likeness (QED) is 0.849. The number of hydrogen-bond donors (Lipinski definition) is 0. The van der Waals surface area contributed by atoms with Crippen LogP contribution in [0.2, 0.25) is 0 Å². The highest BCUT2D eigenvalue weighted by atomic mass is 32.2. The highest BCUT2D eigenvalue weighted by Gasteiger charge is 2.24. The molecule has 0 atom stereocenters. The average molecular weight is 317 g/mol. The van der Waals surface area contributed by atoms with E-state index in [1.54, 1.807) is 6.92 Å². The summed E-state index contributed by atoms with van der Waals surface area (Å²) in [6.45, 7) is 2.17. The van der Waals surface area contributed by atoms with E-state index in [9.17, 15) is 17.2 Å². The Morgan fingerprint density at radius 3 is 2.50 bits per heavy atom. The minimum Gasteiger partial charge on any atom is -0.207 e. The average Bonchev–Trinajstić information content (AvgIpc) is 2.91.